The van der Waals surface area contributed by atoms with Crippen LogP contribution in [0.1, 0.15) is 13.3 Å². The SMILES string of the molecule is CCCS(=O)(=O)c1ccc(-c2ccc3cnc(Nc4ccc(N5CCOCC5)cc4)nn23)cc1. The number of fused-ring (bicyclic) bond motifs is 1. The van der Waals surface area contributed by atoms with E-state index < -0.39 is 9.84 Å². The number of ether oxygens (including phenoxy) is 1. The highest BCUT2D eigenvalue weighted by molar-refractivity contribution is 7.91. The predicted molar refractivity (Wildman–Crippen MR) is 134 cm³/mol. The van der Waals surface area contributed by atoms with Crippen molar-refractivity contribution in [3.63, 3.8) is 0 Å². The van der Waals surface area contributed by atoms with Gasteiger partial charge in [-0.25, -0.2) is 17.9 Å². The minimum absolute atomic E-state index is 0.149. The molecule has 5 rings (SSSR count). The van der Waals surface area contributed by atoms with E-state index in [0.29, 0.717) is 17.3 Å². The molecule has 2 aromatic heterocycles. The summed E-state index contributed by atoms with van der Waals surface area (Å²) in [6, 6.07) is 19.1. The Balaban J connectivity index is 1.37. The number of sulfone groups is 1. The van der Waals surface area contributed by atoms with Gasteiger partial charge in [0.15, 0.2) is 9.84 Å². The van der Waals surface area contributed by atoms with E-state index in [1.807, 2.05) is 47.8 Å². The third-order valence-corrected chi connectivity index (χ3v) is 7.82. The van der Waals surface area contributed by atoms with Crippen molar-refractivity contribution in [1.82, 2.24) is 14.6 Å². The highest BCUT2D eigenvalue weighted by Crippen LogP contribution is 2.25. The highest BCUT2D eigenvalue weighted by Gasteiger charge is 2.15. The maximum absolute atomic E-state index is 12.3. The van der Waals surface area contributed by atoms with Gasteiger partial charge >= 0.3 is 0 Å². The summed E-state index contributed by atoms with van der Waals surface area (Å²) in [4.78, 5) is 7.09. The minimum Gasteiger partial charge on any atom is -0.378 e. The fraction of sp³-hybridized carbons (Fsp3) is 0.280. The van der Waals surface area contributed by atoms with Crippen LogP contribution in [0.3, 0.4) is 0 Å². The molecule has 1 aliphatic heterocycles. The number of nitrogens with one attached hydrogen (secondary N) is 1. The zero-order chi connectivity index (χ0) is 23.5. The van der Waals surface area contributed by atoms with Gasteiger partial charge in [-0.15, -0.1) is 5.10 Å². The van der Waals surface area contributed by atoms with Gasteiger partial charge in [0, 0.05) is 30.0 Å². The van der Waals surface area contributed by atoms with Crippen LogP contribution in [0.2, 0.25) is 0 Å². The summed E-state index contributed by atoms with van der Waals surface area (Å²) in [7, 11) is -3.24. The number of hydrogen-bond acceptors (Lipinski definition) is 7. The van der Waals surface area contributed by atoms with Gasteiger partial charge < -0.3 is 15.0 Å². The van der Waals surface area contributed by atoms with Gasteiger partial charge in [0.25, 0.3) is 0 Å². The second kappa shape index (κ2) is 9.44. The quantitative estimate of drug-likeness (QED) is 0.428. The van der Waals surface area contributed by atoms with Gasteiger partial charge in [0.05, 0.1) is 41.3 Å². The highest BCUT2D eigenvalue weighted by atomic mass is 32.2. The van der Waals surface area contributed by atoms with Crippen molar-refractivity contribution in [3.05, 3.63) is 66.9 Å². The smallest absolute Gasteiger partial charge is 0.245 e. The maximum atomic E-state index is 12.3. The van der Waals surface area contributed by atoms with Crippen molar-refractivity contribution in [1.29, 1.82) is 0 Å². The molecule has 2 aromatic carbocycles. The van der Waals surface area contributed by atoms with E-state index in [1.54, 1.807) is 18.3 Å². The van der Waals surface area contributed by atoms with Crippen LogP contribution in [0.5, 0.6) is 0 Å². The van der Waals surface area contributed by atoms with Gasteiger partial charge in [-0.2, -0.15) is 0 Å². The van der Waals surface area contributed by atoms with Crippen molar-refractivity contribution in [3.8, 4) is 11.3 Å². The first-order valence-corrected chi connectivity index (χ1v) is 13.1. The molecule has 1 fully saturated rings. The molecule has 0 unspecified atom stereocenters. The molecule has 0 bridgehead atoms. The third kappa shape index (κ3) is 4.62. The Morgan fingerprint density at radius 1 is 0.971 bits per heavy atom. The molecule has 0 aliphatic carbocycles. The lowest BCUT2D eigenvalue weighted by Crippen LogP contribution is -2.36. The molecule has 1 saturated heterocycles. The average Bonchev–Trinajstić information content (AvgIpc) is 3.28. The summed E-state index contributed by atoms with van der Waals surface area (Å²) in [5.74, 6) is 0.627. The Kier molecular flexibility index (Phi) is 6.21. The second-order valence-electron chi connectivity index (χ2n) is 8.25. The first-order valence-electron chi connectivity index (χ1n) is 11.4. The van der Waals surface area contributed by atoms with Crippen molar-refractivity contribution in [2.75, 3.05) is 42.3 Å². The molecular formula is C25H27N5O3S. The van der Waals surface area contributed by atoms with Crippen molar-refractivity contribution < 1.29 is 13.2 Å². The van der Waals surface area contributed by atoms with Crippen molar-refractivity contribution in [2.24, 2.45) is 0 Å². The Labute approximate surface area is 199 Å². The molecular weight excluding hydrogens is 450 g/mol. The standard InChI is InChI=1S/C25H27N5O3S/c1-2-17-34(31,32)23-10-3-19(4-11-23)24-12-9-22-18-26-25(28-30(22)24)27-20-5-7-21(8-6-20)29-13-15-33-16-14-29/h3-12,18H,2,13-17H2,1H3,(H,27,28). The molecule has 1 aliphatic rings. The third-order valence-electron chi connectivity index (χ3n) is 5.88. The lowest BCUT2D eigenvalue weighted by Gasteiger charge is -2.28. The summed E-state index contributed by atoms with van der Waals surface area (Å²) in [6.07, 6.45) is 2.36. The Morgan fingerprint density at radius 2 is 1.71 bits per heavy atom. The molecule has 176 valence electrons. The fourth-order valence-corrected chi connectivity index (χ4v) is 5.43. The Hall–Kier alpha value is -3.43. The molecule has 0 saturated carbocycles. The monoisotopic (exact) mass is 477 g/mol. The zero-order valence-corrected chi connectivity index (χ0v) is 19.8. The number of hydrogen-bond donors (Lipinski definition) is 1. The number of morpholine rings is 1. The lowest BCUT2D eigenvalue weighted by atomic mass is 10.2. The van der Waals surface area contributed by atoms with E-state index in [-0.39, 0.29) is 5.75 Å². The van der Waals surface area contributed by atoms with Gasteiger partial charge in [-0.3, -0.25) is 0 Å². The van der Waals surface area contributed by atoms with Crippen LogP contribution in [0.4, 0.5) is 17.3 Å². The topological polar surface area (TPSA) is 88.8 Å². The normalized spacial score (nSPS) is 14.4. The van der Waals surface area contributed by atoms with Gasteiger partial charge in [-0.05, 0) is 55.0 Å². The average molecular weight is 478 g/mol. The van der Waals surface area contributed by atoms with E-state index in [4.69, 9.17) is 4.74 Å². The molecule has 4 aromatic rings. The summed E-state index contributed by atoms with van der Waals surface area (Å²) in [5, 5.41) is 7.94. The second-order valence-corrected chi connectivity index (χ2v) is 10.4. The number of anilines is 3. The van der Waals surface area contributed by atoms with Crippen LogP contribution < -0.4 is 10.2 Å². The van der Waals surface area contributed by atoms with Gasteiger partial charge in [0.1, 0.15) is 0 Å². The van der Waals surface area contributed by atoms with E-state index in [1.165, 1.54) is 5.69 Å². The lowest BCUT2D eigenvalue weighted by molar-refractivity contribution is 0.122. The Morgan fingerprint density at radius 3 is 2.41 bits per heavy atom. The summed E-state index contributed by atoms with van der Waals surface area (Å²) in [5.41, 5.74) is 4.67. The predicted octanol–water partition coefficient (Wildman–Crippen LogP) is 4.16. The van der Waals surface area contributed by atoms with Crippen molar-refractivity contribution >= 4 is 32.7 Å². The fourth-order valence-electron chi connectivity index (χ4n) is 4.10. The van der Waals surface area contributed by atoms with Crippen LogP contribution in [0.25, 0.3) is 16.8 Å². The van der Waals surface area contributed by atoms with E-state index in [0.717, 1.165) is 48.8 Å². The van der Waals surface area contributed by atoms with Crippen LogP contribution in [-0.4, -0.2) is 55.1 Å². The van der Waals surface area contributed by atoms with Crippen LogP contribution >= 0.6 is 0 Å². The Bertz CT molecular complexity index is 1380. The molecule has 8 nitrogen and oxygen atoms in total. The van der Waals surface area contributed by atoms with E-state index >= 15 is 0 Å². The first-order chi connectivity index (χ1) is 16.5. The molecule has 3 heterocycles. The molecule has 0 atom stereocenters. The molecule has 9 heteroatoms. The largest absolute Gasteiger partial charge is 0.378 e. The van der Waals surface area contributed by atoms with Crippen LogP contribution in [0.15, 0.2) is 71.8 Å². The molecule has 0 spiro atoms. The minimum atomic E-state index is -3.24. The number of aromatic nitrogens is 3. The first kappa shape index (κ1) is 22.4. The van der Waals surface area contributed by atoms with E-state index in [9.17, 15) is 8.42 Å². The molecule has 34 heavy (non-hydrogen) atoms. The molecule has 0 amide bonds. The zero-order valence-electron chi connectivity index (χ0n) is 19.0. The summed E-state index contributed by atoms with van der Waals surface area (Å²) >= 11 is 0. The van der Waals surface area contributed by atoms with Gasteiger partial charge in [0.2, 0.25) is 5.95 Å². The molecule has 1 N–H and O–H groups in total. The summed E-state index contributed by atoms with van der Waals surface area (Å²) in [6.45, 7) is 5.17. The van der Waals surface area contributed by atoms with E-state index in [2.05, 4.69) is 32.4 Å². The van der Waals surface area contributed by atoms with Gasteiger partial charge in [-0.1, -0.05) is 19.1 Å². The van der Waals surface area contributed by atoms with Crippen LogP contribution in [0, 0.1) is 0 Å². The van der Waals surface area contributed by atoms with Crippen LogP contribution in [-0.2, 0) is 14.6 Å². The van der Waals surface area contributed by atoms with Crippen molar-refractivity contribution in [2.45, 2.75) is 18.2 Å². The molecule has 0 radical (unpaired) electrons. The summed E-state index contributed by atoms with van der Waals surface area (Å²) < 4.78 is 31.9. The number of benzene rings is 2. The number of rotatable bonds is 7. The maximum Gasteiger partial charge on any atom is 0.245 e. The number of nitrogens with zero attached hydrogens (tertiary/aromatic N) is 4.